The molecule has 1 N–H and O–H groups in total. The molecule has 0 saturated carbocycles. The first kappa shape index (κ1) is 22.9. The summed E-state index contributed by atoms with van der Waals surface area (Å²) in [6.45, 7) is 7.30. The molecule has 0 amide bonds. The molecule has 2 aromatic carbocycles. The summed E-state index contributed by atoms with van der Waals surface area (Å²) in [7, 11) is 0. The zero-order valence-electron chi connectivity index (χ0n) is 21.0. The lowest BCUT2D eigenvalue weighted by atomic mass is 10.2. The number of hydrogen-bond donors (Lipinski definition) is 1. The Hall–Kier alpha value is -3.52. The summed E-state index contributed by atoms with van der Waals surface area (Å²) in [6.07, 6.45) is 7.22. The Labute approximate surface area is 211 Å². The van der Waals surface area contributed by atoms with Crippen LogP contribution in [0.5, 0.6) is 0 Å². The zero-order chi connectivity index (χ0) is 24.3. The van der Waals surface area contributed by atoms with Crippen LogP contribution in [0.15, 0.2) is 48.5 Å². The van der Waals surface area contributed by atoms with Crippen LogP contribution in [-0.4, -0.2) is 60.2 Å². The van der Waals surface area contributed by atoms with Gasteiger partial charge < -0.3 is 14.8 Å². The van der Waals surface area contributed by atoms with E-state index in [4.69, 9.17) is 20.1 Å². The predicted molar refractivity (Wildman–Crippen MR) is 144 cm³/mol. The number of aryl methyl sites for hydroxylation is 3. The van der Waals surface area contributed by atoms with Crippen molar-refractivity contribution in [3.8, 4) is 0 Å². The summed E-state index contributed by atoms with van der Waals surface area (Å²) in [6, 6.07) is 16.5. The van der Waals surface area contributed by atoms with Gasteiger partial charge in [0.25, 0.3) is 0 Å². The van der Waals surface area contributed by atoms with Crippen molar-refractivity contribution in [1.29, 1.82) is 0 Å². The molecule has 6 rings (SSSR count). The number of fused-ring (bicyclic) bond motifs is 4. The van der Waals surface area contributed by atoms with E-state index in [1.165, 1.54) is 38.8 Å². The molecule has 1 aliphatic rings. The molecule has 3 aromatic heterocycles. The van der Waals surface area contributed by atoms with Crippen molar-refractivity contribution >= 4 is 33.5 Å². The van der Waals surface area contributed by atoms with Crippen LogP contribution in [0.1, 0.15) is 43.8 Å². The molecule has 0 bridgehead atoms. The number of aromatic nitrogens is 6. The van der Waals surface area contributed by atoms with E-state index in [9.17, 15) is 0 Å². The molecule has 4 heterocycles. The number of hydrogen-bond acceptors (Lipinski definition) is 6. The lowest BCUT2D eigenvalue weighted by Gasteiger charge is -2.19. The third kappa shape index (κ3) is 4.65. The first-order valence-electron chi connectivity index (χ1n) is 13.3. The molecule has 1 aliphatic heterocycles. The minimum absolute atomic E-state index is 0.728. The van der Waals surface area contributed by atoms with Crippen LogP contribution in [-0.2, 0) is 13.0 Å². The maximum atomic E-state index is 4.95. The first-order valence-corrected chi connectivity index (χ1v) is 13.3. The molecule has 8 nitrogen and oxygen atoms in total. The quantitative estimate of drug-likeness (QED) is 0.319. The van der Waals surface area contributed by atoms with Crippen molar-refractivity contribution in [2.45, 2.75) is 52.0 Å². The number of anilines is 1. The molecule has 0 unspecified atom stereocenters. The fraction of sp³-hybridized carbons (Fsp3) is 0.429. The molecular weight excluding hydrogens is 448 g/mol. The van der Waals surface area contributed by atoms with Gasteiger partial charge >= 0.3 is 0 Å². The van der Waals surface area contributed by atoms with Crippen LogP contribution in [0.4, 0.5) is 5.95 Å². The second kappa shape index (κ2) is 10.2. The van der Waals surface area contributed by atoms with Crippen molar-refractivity contribution in [1.82, 2.24) is 34.0 Å². The van der Waals surface area contributed by atoms with Crippen LogP contribution in [0.2, 0.25) is 0 Å². The topological polar surface area (TPSA) is 76.2 Å². The summed E-state index contributed by atoms with van der Waals surface area (Å²) < 4.78 is 4.14. The summed E-state index contributed by atoms with van der Waals surface area (Å²) in [5.74, 6) is 2.60. The zero-order valence-corrected chi connectivity index (χ0v) is 21.0. The van der Waals surface area contributed by atoms with Gasteiger partial charge in [0.15, 0.2) is 11.5 Å². The second-order valence-corrected chi connectivity index (χ2v) is 9.80. The number of nitrogens with one attached hydrogen (secondary N) is 1. The second-order valence-electron chi connectivity index (χ2n) is 9.80. The molecule has 186 valence electrons. The Kier molecular flexibility index (Phi) is 6.51. The summed E-state index contributed by atoms with van der Waals surface area (Å²) in [5, 5.41) is 9.47. The Morgan fingerprint density at radius 1 is 0.833 bits per heavy atom. The van der Waals surface area contributed by atoms with Gasteiger partial charge in [-0.3, -0.25) is 0 Å². The van der Waals surface area contributed by atoms with E-state index in [-0.39, 0.29) is 0 Å². The fourth-order valence-electron chi connectivity index (χ4n) is 5.37. The molecule has 5 aromatic rings. The summed E-state index contributed by atoms with van der Waals surface area (Å²) >= 11 is 0. The van der Waals surface area contributed by atoms with Gasteiger partial charge in [-0.05, 0) is 70.1 Å². The lowest BCUT2D eigenvalue weighted by molar-refractivity contribution is 0.284. The average Bonchev–Trinajstić information content (AvgIpc) is 3.36. The number of likely N-dealkylation sites (tertiary alicyclic amines) is 1. The molecule has 0 atom stereocenters. The van der Waals surface area contributed by atoms with Crippen molar-refractivity contribution in [3.63, 3.8) is 0 Å². The monoisotopic (exact) mass is 482 g/mol. The summed E-state index contributed by atoms with van der Waals surface area (Å²) in [4.78, 5) is 17.2. The van der Waals surface area contributed by atoms with Crippen LogP contribution in [0, 0.1) is 6.92 Å². The molecule has 0 aliphatic carbocycles. The fourth-order valence-corrected chi connectivity index (χ4v) is 5.37. The van der Waals surface area contributed by atoms with Crippen LogP contribution in [0.3, 0.4) is 0 Å². The third-order valence-electron chi connectivity index (χ3n) is 7.26. The maximum Gasteiger partial charge on any atom is 0.226 e. The Morgan fingerprint density at radius 3 is 2.47 bits per heavy atom. The van der Waals surface area contributed by atoms with E-state index in [1.807, 2.05) is 28.8 Å². The first-order chi connectivity index (χ1) is 17.8. The highest BCUT2D eigenvalue weighted by atomic mass is 15.4. The van der Waals surface area contributed by atoms with E-state index in [1.54, 1.807) is 0 Å². The van der Waals surface area contributed by atoms with Crippen LogP contribution < -0.4 is 5.32 Å². The van der Waals surface area contributed by atoms with Gasteiger partial charge in [-0.2, -0.15) is 4.52 Å². The minimum Gasteiger partial charge on any atom is -0.354 e. The number of para-hydroxylation sites is 3. The molecular formula is C28H34N8. The van der Waals surface area contributed by atoms with Gasteiger partial charge in [0.2, 0.25) is 5.95 Å². The van der Waals surface area contributed by atoms with E-state index < -0.39 is 0 Å². The number of benzene rings is 2. The van der Waals surface area contributed by atoms with E-state index in [0.29, 0.717) is 0 Å². The lowest BCUT2D eigenvalue weighted by Crippen LogP contribution is -2.27. The van der Waals surface area contributed by atoms with Gasteiger partial charge in [0, 0.05) is 24.9 Å². The van der Waals surface area contributed by atoms with Gasteiger partial charge in [0.1, 0.15) is 5.82 Å². The van der Waals surface area contributed by atoms with Crippen LogP contribution in [0.25, 0.3) is 27.6 Å². The Bertz CT molecular complexity index is 1480. The highest BCUT2D eigenvalue weighted by Crippen LogP contribution is 2.22. The van der Waals surface area contributed by atoms with Gasteiger partial charge in [-0.1, -0.05) is 37.1 Å². The minimum atomic E-state index is 0.728. The van der Waals surface area contributed by atoms with Gasteiger partial charge in [-0.15, -0.1) is 5.10 Å². The molecule has 0 spiro atoms. The van der Waals surface area contributed by atoms with E-state index >= 15 is 0 Å². The predicted octanol–water partition coefficient (Wildman–Crippen LogP) is 4.86. The summed E-state index contributed by atoms with van der Waals surface area (Å²) in [5.41, 5.74) is 3.98. The third-order valence-corrected chi connectivity index (χ3v) is 7.26. The van der Waals surface area contributed by atoms with E-state index in [2.05, 4.69) is 46.0 Å². The largest absolute Gasteiger partial charge is 0.354 e. The maximum absolute atomic E-state index is 4.95. The normalized spacial score (nSPS) is 15.1. The Balaban J connectivity index is 1.22. The Morgan fingerprint density at radius 2 is 1.61 bits per heavy atom. The number of nitrogens with zero attached hydrogens (tertiary/aromatic N) is 7. The van der Waals surface area contributed by atoms with Crippen molar-refractivity contribution < 1.29 is 0 Å². The highest BCUT2D eigenvalue weighted by molar-refractivity contribution is 5.92. The number of imidazole rings is 1. The van der Waals surface area contributed by atoms with Crippen molar-refractivity contribution in [3.05, 3.63) is 60.2 Å². The molecule has 1 saturated heterocycles. The molecule has 8 heteroatoms. The number of rotatable bonds is 8. The van der Waals surface area contributed by atoms with Crippen molar-refractivity contribution in [2.24, 2.45) is 0 Å². The van der Waals surface area contributed by atoms with Crippen molar-refractivity contribution in [2.75, 3.05) is 31.5 Å². The molecule has 36 heavy (non-hydrogen) atoms. The average molecular weight is 483 g/mol. The van der Waals surface area contributed by atoms with Gasteiger partial charge in [0.05, 0.1) is 16.6 Å². The molecule has 1 fully saturated rings. The standard InChI is InChI=1S/C28H34N8/c1-21-30-24-13-6-7-14-25(24)35(21)20-15-26-32-27-22-11-4-5-12-23(22)31-28(36(27)33-26)29-16-10-19-34-17-8-2-3-9-18-34/h4-7,11-14H,2-3,8-10,15-20H2,1H3,(H,29,31). The van der Waals surface area contributed by atoms with Crippen LogP contribution >= 0.6 is 0 Å². The SMILES string of the molecule is Cc1nc2ccccc2n1CCc1nc2c3ccccc3nc(NCCCN3CCCCCC3)n2n1. The molecule has 0 radical (unpaired) electrons. The highest BCUT2D eigenvalue weighted by Gasteiger charge is 2.15. The van der Waals surface area contributed by atoms with Gasteiger partial charge in [-0.25, -0.2) is 15.0 Å². The van der Waals surface area contributed by atoms with E-state index in [0.717, 1.165) is 77.7 Å². The smallest absolute Gasteiger partial charge is 0.226 e.